The number of aryl methyl sites for hydroxylation is 1. The second-order valence-electron chi connectivity index (χ2n) is 6.06. The summed E-state index contributed by atoms with van der Waals surface area (Å²) >= 11 is 0. The maximum Gasteiger partial charge on any atom is 0.129 e. The first-order chi connectivity index (χ1) is 7.82. The molecule has 96 valence electrons. The monoisotopic (exact) mass is 235 g/mol. The highest BCUT2D eigenvalue weighted by Crippen LogP contribution is 2.19. The van der Waals surface area contributed by atoms with Gasteiger partial charge in [-0.2, -0.15) is 0 Å². The van der Waals surface area contributed by atoms with Gasteiger partial charge in [-0.15, -0.1) is 0 Å². The van der Waals surface area contributed by atoms with Crippen molar-refractivity contribution in [3.05, 3.63) is 23.3 Å². The molecule has 0 spiro atoms. The SMILES string of the molecule is Cc1cc(CC(C)C)nc(CC(C)(C)CN)n1. The van der Waals surface area contributed by atoms with Crippen LogP contribution in [0.2, 0.25) is 0 Å². The number of nitrogens with two attached hydrogens (primary N) is 1. The van der Waals surface area contributed by atoms with E-state index in [2.05, 4.69) is 43.7 Å². The van der Waals surface area contributed by atoms with Crippen molar-refractivity contribution in [1.82, 2.24) is 9.97 Å². The predicted octanol–water partition coefficient (Wildman–Crippen LogP) is 2.51. The first-order valence-electron chi connectivity index (χ1n) is 6.36. The normalized spacial score (nSPS) is 12.2. The molecule has 0 aliphatic heterocycles. The predicted molar refractivity (Wildman–Crippen MR) is 71.9 cm³/mol. The first-order valence-corrected chi connectivity index (χ1v) is 6.36. The van der Waals surface area contributed by atoms with Crippen LogP contribution in [-0.4, -0.2) is 16.5 Å². The van der Waals surface area contributed by atoms with Crippen molar-refractivity contribution in [2.24, 2.45) is 17.1 Å². The lowest BCUT2D eigenvalue weighted by atomic mass is 9.89. The standard InChI is InChI=1S/C14H25N3/c1-10(2)6-12-7-11(3)16-13(17-12)8-14(4,5)9-15/h7,10H,6,8-9,15H2,1-5H3. The Morgan fingerprint density at radius 2 is 1.94 bits per heavy atom. The second kappa shape index (κ2) is 5.58. The summed E-state index contributed by atoms with van der Waals surface area (Å²) in [6.45, 7) is 11.4. The Morgan fingerprint density at radius 1 is 1.29 bits per heavy atom. The largest absolute Gasteiger partial charge is 0.330 e. The summed E-state index contributed by atoms with van der Waals surface area (Å²) < 4.78 is 0. The summed E-state index contributed by atoms with van der Waals surface area (Å²) in [4.78, 5) is 9.15. The van der Waals surface area contributed by atoms with Crippen LogP contribution in [0.5, 0.6) is 0 Å². The summed E-state index contributed by atoms with van der Waals surface area (Å²) in [6, 6.07) is 2.08. The number of hydrogen-bond donors (Lipinski definition) is 1. The Kier molecular flexibility index (Phi) is 4.63. The lowest BCUT2D eigenvalue weighted by molar-refractivity contribution is 0.367. The van der Waals surface area contributed by atoms with Crippen molar-refractivity contribution in [1.29, 1.82) is 0 Å². The Bertz CT molecular complexity index is 370. The van der Waals surface area contributed by atoms with Gasteiger partial charge in [0, 0.05) is 17.8 Å². The number of rotatable bonds is 5. The molecule has 0 aromatic carbocycles. The fourth-order valence-electron chi connectivity index (χ4n) is 1.80. The van der Waals surface area contributed by atoms with Crippen molar-refractivity contribution in [3.63, 3.8) is 0 Å². The summed E-state index contributed by atoms with van der Waals surface area (Å²) in [5.74, 6) is 1.55. The van der Waals surface area contributed by atoms with E-state index < -0.39 is 0 Å². The maximum absolute atomic E-state index is 5.76. The van der Waals surface area contributed by atoms with Gasteiger partial charge in [0.2, 0.25) is 0 Å². The topological polar surface area (TPSA) is 51.8 Å². The van der Waals surface area contributed by atoms with Gasteiger partial charge in [0.15, 0.2) is 0 Å². The fourth-order valence-corrected chi connectivity index (χ4v) is 1.80. The molecule has 3 nitrogen and oxygen atoms in total. The number of aromatic nitrogens is 2. The highest BCUT2D eigenvalue weighted by molar-refractivity contribution is 5.11. The average molecular weight is 235 g/mol. The van der Waals surface area contributed by atoms with Crippen LogP contribution in [0.4, 0.5) is 0 Å². The van der Waals surface area contributed by atoms with Crippen molar-refractivity contribution in [2.75, 3.05) is 6.54 Å². The Labute approximate surface area is 105 Å². The molecular formula is C14H25N3. The van der Waals surface area contributed by atoms with Gasteiger partial charge in [0.05, 0.1) is 0 Å². The zero-order chi connectivity index (χ0) is 13.1. The van der Waals surface area contributed by atoms with Crippen LogP contribution in [0.3, 0.4) is 0 Å². The first kappa shape index (κ1) is 14.1. The molecule has 0 amide bonds. The number of hydrogen-bond acceptors (Lipinski definition) is 3. The van der Waals surface area contributed by atoms with Crippen LogP contribution in [0.1, 0.15) is 44.9 Å². The van der Waals surface area contributed by atoms with Crippen molar-refractivity contribution < 1.29 is 0 Å². The van der Waals surface area contributed by atoms with E-state index >= 15 is 0 Å². The van der Waals surface area contributed by atoms with Crippen molar-refractivity contribution in [3.8, 4) is 0 Å². The molecule has 1 aromatic heterocycles. The van der Waals surface area contributed by atoms with E-state index in [0.29, 0.717) is 12.5 Å². The summed E-state index contributed by atoms with van der Waals surface area (Å²) in [5.41, 5.74) is 8.03. The molecule has 3 heteroatoms. The van der Waals surface area contributed by atoms with Gasteiger partial charge in [-0.3, -0.25) is 0 Å². The van der Waals surface area contributed by atoms with E-state index in [1.807, 2.05) is 6.92 Å². The molecule has 2 N–H and O–H groups in total. The Hall–Kier alpha value is -0.960. The second-order valence-corrected chi connectivity index (χ2v) is 6.06. The van der Waals surface area contributed by atoms with Gasteiger partial charge in [-0.1, -0.05) is 27.7 Å². The zero-order valence-corrected chi connectivity index (χ0v) is 11.7. The molecule has 17 heavy (non-hydrogen) atoms. The average Bonchev–Trinajstić information content (AvgIpc) is 2.14. The molecule has 0 fully saturated rings. The fraction of sp³-hybridized carbons (Fsp3) is 0.714. The molecule has 0 unspecified atom stereocenters. The van der Waals surface area contributed by atoms with Crippen molar-refractivity contribution >= 4 is 0 Å². The van der Waals surface area contributed by atoms with Crippen molar-refractivity contribution in [2.45, 2.75) is 47.5 Å². The third-order valence-electron chi connectivity index (χ3n) is 2.76. The summed E-state index contributed by atoms with van der Waals surface area (Å²) in [6.07, 6.45) is 1.86. The van der Waals surface area contributed by atoms with E-state index in [0.717, 1.165) is 30.1 Å². The maximum atomic E-state index is 5.76. The minimum atomic E-state index is 0.0723. The van der Waals surface area contributed by atoms with Crippen LogP contribution in [0.25, 0.3) is 0 Å². The number of nitrogens with zero attached hydrogens (tertiary/aromatic N) is 2. The van der Waals surface area contributed by atoms with E-state index in [9.17, 15) is 0 Å². The summed E-state index contributed by atoms with van der Waals surface area (Å²) in [7, 11) is 0. The van der Waals surface area contributed by atoms with E-state index in [-0.39, 0.29) is 5.41 Å². The molecule has 0 aliphatic rings. The van der Waals surface area contributed by atoms with Crippen LogP contribution in [0, 0.1) is 18.3 Å². The molecular weight excluding hydrogens is 210 g/mol. The van der Waals surface area contributed by atoms with Crippen LogP contribution >= 0.6 is 0 Å². The van der Waals surface area contributed by atoms with E-state index in [4.69, 9.17) is 5.73 Å². The molecule has 0 atom stereocenters. The highest BCUT2D eigenvalue weighted by atomic mass is 14.9. The third kappa shape index (κ3) is 4.82. The minimum Gasteiger partial charge on any atom is -0.330 e. The van der Waals surface area contributed by atoms with Gasteiger partial charge in [0.1, 0.15) is 5.82 Å². The van der Waals surface area contributed by atoms with Crippen LogP contribution in [0.15, 0.2) is 6.07 Å². The summed E-state index contributed by atoms with van der Waals surface area (Å²) in [5, 5.41) is 0. The minimum absolute atomic E-state index is 0.0723. The molecule has 0 saturated heterocycles. The van der Waals surface area contributed by atoms with Gasteiger partial charge >= 0.3 is 0 Å². The smallest absolute Gasteiger partial charge is 0.129 e. The van der Waals surface area contributed by atoms with E-state index in [1.165, 1.54) is 0 Å². The van der Waals surface area contributed by atoms with E-state index in [1.54, 1.807) is 0 Å². The zero-order valence-electron chi connectivity index (χ0n) is 11.7. The lowest BCUT2D eigenvalue weighted by Crippen LogP contribution is -2.27. The quantitative estimate of drug-likeness (QED) is 0.853. The molecule has 0 radical (unpaired) electrons. The van der Waals surface area contributed by atoms with Gasteiger partial charge in [-0.25, -0.2) is 9.97 Å². The van der Waals surface area contributed by atoms with Gasteiger partial charge < -0.3 is 5.73 Å². The van der Waals surface area contributed by atoms with Gasteiger partial charge in [0.25, 0.3) is 0 Å². The third-order valence-corrected chi connectivity index (χ3v) is 2.76. The Morgan fingerprint density at radius 3 is 2.47 bits per heavy atom. The highest BCUT2D eigenvalue weighted by Gasteiger charge is 2.18. The molecule has 1 heterocycles. The molecule has 0 saturated carbocycles. The molecule has 1 aromatic rings. The molecule has 0 bridgehead atoms. The van der Waals surface area contributed by atoms with Crippen LogP contribution in [-0.2, 0) is 12.8 Å². The lowest BCUT2D eigenvalue weighted by Gasteiger charge is -2.21. The Balaban J connectivity index is 2.89. The van der Waals surface area contributed by atoms with Gasteiger partial charge in [-0.05, 0) is 37.3 Å². The van der Waals surface area contributed by atoms with Crippen LogP contribution < -0.4 is 5.73 Å². The molecule has 1 rings (SSSR count). The molecule has 0 aliphatic carbocycles.